The molecule has 0 aromatic carbocycles. The van der Waals surface area contributed by atoms with Crippen molar-refractivity contribution in [2.45, 2.75) is 23.8 Å². The summed E-state index contributed by atoms with van der Waals surface area (Å²) in [5.41, 5.74) is 0. The van der Waals surface area contributed by atoms with E-state index in [0.717, 1.165) is 0 Å². The molecular formula is C9H10ClN3O2S. The van der Waals surface area contributed by atoms with E-state index in [9.17, 15) is 8.42 Å². The van der Waals surface area contributed by atoms with Crippen LogP contribution in [0.2, 0.25) is 5.28 Å². The van der Waals surface area contributed by atoms with Crippen LogP contribution < -0.4 is 4.72 Å². The van der Waals surface area contributed by atoms with Gasteiger partial charge >= 0.3 is 0 Å². The Morgan fingerprint density at radius 2 is 1.81 bits per heavy atom. The highest BCUT2D eigenvalue weighted by atomic mass is 35.5. The van der Waals surface area contributed by atoms with Crippen LogP contribution >= 0.6 is 11.6 Å². The minimum absolute atomic E-state index is 0.0292. The van der Waals surface area contributed by atoms with Gasteiger partial charge in [-0.1, -0.05) is 12.2 Å². The van der Waals surface area contributed by atoms with Gasteiger partial charge < -0.3 is 0 Å². The number of aromatic nitrogens is 2. The average molecular weight is 260 g/mol. The lowest BCUT2D eigenvalue weighted by atomic mass is 10.3. The van der Waals surface area contributed by atoms with Crippen LogP contribution in [-0.4, -0.2) is 24.4 Å². The predicted octanol–water partition coefficient (Wildman–Crippen LogP) is 1.13. The maximum atomic E-state index is 11.8. The Morgan fingerprint density at radius 3 is 2.38 bits per heavy atom. The summed E-state index contributed by atoms with van der Waals surface area (Å²) in [7, 11) is -3.53. The van der Waals surface area contributed by atoms with Crippen LogP contribution in [0.25, 0.3) is 0 Å². The molecular weight excluding hydrogens is 250 g/mol. The van der Waals surface area contributed by atoms with Crippen molar-refractivity contribution in [2.24, 2.45) is 0 Å². The molecule has 86 valence electrons. The van der Waals surface area contributed by atoms with E-state index in [1.165, 1.54) is 12.4 Å². The first-order valence-electron chi connectivity index (χ1n) is 4.73. The highest BCUT2D eigenvalue weighted by Gasteiger charge is 2.21. The van der Waals surface area contributed by atoms with Gasteiger partial charge in [0.25, 0.3) is 0 Å². The Morgan fingerprint density at radius 1 is 1.25 bits per heavy atom. The molecule has 0 unspecified atom stereocenters. The Bertz CT molecular complexity index is 490. The Balaban J connectivity index is 2.15. The van der Waals surface area contributed by atoms with E-state index in [1.807, 2.05) is 12.2 Å². The molecule has 2 rings (SSSR count). The summed E-state index contributed by atoms with van der Waals surface area (Å²) in [5.74, 6) is 0. The van der Waals surface area contributed by atoms with Crippen molar-refractivity contribution in [3.8, 4) is 0 Å². The van der Waals surface area contributed by atoms with E-state index < -0.39 is 10.0 Å². The third kappa shape index (κ3) is 2.58. The topological polar surface area (TPSA) is 72.0 Å². The summed E-state index contributed by atoms with van der Waals surface area (Å²) in [4.78, 5) is 7.31. The molecule has 7 heteroatoms. The van der Waals surface area contributed by atoms with Gasteiger partial charge in [0.05, 0.1) is 12.4 Å². The van der Waals surface area contributed by atoms with Crippen LogP contribution in [0.1, 0.15) is 12.8 Å². The summed E-state index contributed by atoms with van der Waals surface area (Å²) < 4.78 is 26.3. The molecule has 0 aliphatic heterocycles. The number of halogens is 1. The van der Waals surface area contributed by atoms with E-state index in [0.29, 0.717) is 12.8 Å². The van der Waals surface area contributed by atoms with Crippen LogP contribution in [0.5, 0.6) is 0 Å². The molecule has 1 aromatic rings. The van der Waals surface area contributed by atoms with Crippen molar-refractivity contribution in [1.82, 2.24) is 14.7 Å². The Hall–Kier alpha value is -0.980. The number of sulfonamides is 1. The monoisotopic (exact) mass is 259 g/mol. The molecule has 16 heavy (non-hydrogen) atoms. The smallest absolute Gasteiger partial charge is 0.225 e. The normalized spacial score (nSPS) is 16.8. The molecule has 1 heterocycles. The van der Waals surface area contributed by atoms with Gasteiger partial charge in [-0.3, -0.25) is 0 Å². The molecule has 0 saturated heterocycles. The largest absolute Gasteiger partial charge is 0.243 e. The lowest BCUT2D eigenvalue weighted by Gasteiger charge is -2.11. The summed E-state index contributed by atoms with van der Waals surface area (Å²) in [6.07, 6.45) is 7.72. The lowest BCUT2D eigenvalue weighted by Crippen LogP contribution is -2.33. The highest BCUT2D eigenvalue weighted by molar-refractivity contribution is 7.89. The van der Waals surface area contributed by atoms with Crippen molar-refractivity contribution in [3.05, 3.63) is 29.8 Å². The van der Waals surface area contributed by atoms with Gasteiger partial charge in [-0.15, -0.1) is 0 Å². The van der Waals surface area contributed by atoms with Gasteiger partial charge in [0.1, 0.15) is 4.90 Å². The molecule has 0 atom stereocenters. The highest BCUT2D eigenvalue weighted by Crippen LogP contribution is 2.14. The van der Waals surface area contributed by atoms with E-state index in [2.05, 4.69) is 14.7 Å². The number of rotatable bonds is 3. The number of nitrogens with zero attached hydrogens (tertiary/aromatic N) is 2. The van der Waals surface area contributed by atoms with Crippen LogP contribution in [0.3, 0.4) is 0 Å². The zero-order valence-corrected chi connectivity index (χ0v) is 9.87. The summed E-state index contributed by atoms with van der Waals surface area (Å²) in [6.45, 7) is 0. The first kappa shape index (κ1) is 11.5. The fraction of sp³-hybridized carbons (Fsp3) is 0.333. The molecule has 1 aliphatic carbocycles. The van der Waals surface area contributed by atoms with E-state index in [4.69, 9.17) is 11.6 Å². The Kier molecular flexibility index (Phi) is 3.22. The molecule has 0 bridgehead atoms. The second-order valence-electron chi connectivity index (χ2n) is 3.45. The zero-order valence-electron chi connectivity index (χ0n) is 8.30. The third-order valence-electron chi connectivity index (χ3n) is 2.24. The van der Waals surface area contributed by atoms with Gasteiger partial charge in [-0.25, -0.2) is 23.1 Å². The maximum absolute atomic E-state index is 11.8. The van der Waals surface area contributed by atoms with Crippen molar-refractivity contribution >= 4 is 21.6 Å². The molecule has 0 amide bonds. The fourth-order valence-electron chi connectivity index (χ4n) is 1.44. The van der Waals surface area contributed by atoms with Crippen LogP contribution in [0.4, 0.5) is 0 Å². The summed E-state index contributed by atoms with van der Waals surface area (Å²) in [6, 6.07) is -0.0688. The molecule has 1 aromatic heterocycles. The van der Waals surface area contributed by atoms with E-state index in [1.54, 1.807) is 0 Å². The van der Waals surface area contributed by atoms with Gasteiger partial charge in [-0.05, 0) is 24.4 Å². The predicted molar refractivity (Wildman–Crippen MR) is 59.5 cm³/mol. The first-order chi connectivity index (χ1) is 7.58. The lowest BCUT2D eigenvalue weighted by molar-refractivity contribution is 0.556. The summed E-state index contributed by atoms with van der Waals surface area (Å²) >= 11 is 5.48. The number of hydrogen-bond donors (Lipinski definition) is 1. The SMILES string of the molecule is O=S(=O)(NC1CC=CC1)c1cnc(Cl)nc1. The minimum Gasteiger partial charge on any atom is -0.225 e. The average Bonchev–Trinajstić information content (AvgIpc) is 2.70. The number of hydrogen-bond acceptors (Lipinski definition) is 4. The molecule has 0 saturated carbocycles. The Labute approximate surface area is 98.6 Å². The zero-order chi connectivity index (χ0) is 11.6. The molecule has 5 nitrogen and oxygen atoms in total. The van der Waals surface area contributed by atoms with Crippen molar-refractivity contribution < 1.29 is 8.42 Å². The first-order valence-corrected chi connectivity index (χ1v) is 6.59. The van der Waals surface area contributed by atoms with Crippen molar-refractivity contribution in [3.63, 3.8) is 0 Å². The quantitative estimate of drug-likeness (QED) is 0.652. The van der Waals surface area contributed by atoms with Gasteiger partial charge in [0.15, 0.2) is 0 Å². The van der Waals surface area contributed by atoms with Crippen LogP contribution in [0, 0.1) is 0 Å². The second kappa shape index (κ2) is 4.48. The molecule has 0 fully saturated rings. The van der Waals surface area contributed by atoms with Crippen molar-refractivity contribution in [1.29, 1.82) is 0 Å². The maximum Gasteiger partial charge on any atom is 0.243 e. The fourth-order valence-corrected chi connectivity index (χ4v) is 2.69. The van der Waals surface area contributed by atoms with Gasteiger partial charge in [0.2, 0.25) is 15.3 Å². The van der Waals surface area contributed by atoms with Crippen LogP contribution in [-0.2, 0) is 10.0 Å². The minimum atomic E-state index is -3.53. The molecule has 0 spiro atoms. The van der Waals surface area contributed by atoms with E-state index >= 15 is 0 Å². The summed E-state index contributed by atoms with van der Waals surface area (Å²) in [5, 5.41) is 0.0292. The van der Waals surface area contributed by atoms with Gasteiger partial charge in [0, 0.05) is 6.04 Å². The standard InChI is InChI=1S/C9H10ClN3O2S/c10-9-11-5-8(6-12-9)16(14,15)13-7-3-1-2-4-7/h1-2,5-7,13H,3-4H2. The van der Waals surface area contributed by atoms with E-state index in [-0.39, 0.29) is 16.2 Å². The molecule has 1 aliphatic rings. The molecule has 1 N–H and O–H groups in total. The van der Waals surface area contributed by atoms with Gasteiger partial charge in [-0.2, -0.15) is 0 Å². The third-order valence-corrected chi connectivity index (χ3v) is 3.91. The molecule has 0 radical (unpaired) electrons. The number of nitrogens with one attached hydrogen (secondary N) is 1. The second-order valence-corrected chi connectivity index (χ2v) is 5.50. The van der Waals surface area contributed by atoms with Crippen molar-refractivity contribution in [2.75, 3.05) is 0 Å². The van der Waals surface area contributed by atoms with Crippen LogP contribution in [0.15, 0.2) is 29.4 Å².